The number of amides is 2. The summed E-state index contributed by atoms with van der Waals surface area (Å²) in [6.07, 6.45) is 4.90. The Morgan fingerprint density at radius 3 is 2.78 bits per heavy atom. The molecule has 1 atom stereocenters. The molecule has 0 aromatic heterocycles. The first-order valence-electron chi connectivity index (χ1n) is 9.76. The minimum Gasteiger partial charge on any atom is -0.489 e. The van der Waals surface area contributed by atoms with Crippen LogP contribution in [0.5, 0.6) is 11.5 Å². The highest BCUT2D eigenvalue weighted by Crippen LogP contribution is 2.38. The fourth-order valence-electron chi connectivity index (χ4n) is 3.64. The number of rotatable bonds is 4. The molecule has 0 spiro atoms. The predicted octanol–water partition coefficient (Wildman–Crippen LogP) is 2.56. The van der Waals surface area contributed by atoms with Crippen molar-refractivity contribution in [3.05, 3.63) is 22.7 Å². The van der Waals surface area contributed by atoms with E-state index in [1.165, 1.54) is 0 Å². The van der Waals surface area contributed by atoms with Crippen LogP contribution in [-0.4, -0.2) is 49.1 Å². The maximum atomic E-state index is 12.8. The molecule has 1 unspecified atom stereocenters. The van der Waals surface area contributed by atoms with Crippen LogP contribution >= 0.6 is 11.6 Å². The van der Waals surface area contributed by atoms with Crippen LogP contribution in [0, 0.1) is 5.92 Å². The number of hydrogen-bond donors (Lipinski definition) is 1. The Morgan fingerprint density at radius 2 is 1.96 bits per heavy atom. The second-order valence-corrected chi connectivity index (χ2v) is 8.00. The lowest BCUT2D eigenvalue weighted by molar-refractivity contribution is -0.135. The first-order chi connectivity index (χ1) is 13.1. The quantitative estimate of drug-likeness (QED) is 0.855. The van der Waals surface area contributed by atoms with Crippen molar-refractivity contribution in [2.45, 2.75) is 44.6 Å². The smallest absolute Gasteiger partial charge is 0.227 e. The number of piperidine rings is 1. The Bertz CT molecular complexity index is 735. The number of nitrogens with zero attached hydrogens (tertiary/aromatic N) is 1. The van der Waals surface area contributed by atoms with E-state index in [9.17, 15) is 9.59 Å². The normalized spacial score (nSPS) is 22.1. The van der Waals surface area contributed by atoms with Crippen molar-refractivity contribution in [2.24, 2.45) is 5.92 Å². The molecule has 2 amide bonds. The summed E-state index contributed by atoms with van der Waals surface area (Å²) < 4.78 is 11.3. The van der Waals surface area contributed by atoms with Gasteiger partial charge in [0.1, 0.15) is 0 Å². The number of carbonyl (C=O) groups is 2. The van der Waals surface area contributed by atoms with E-state index in [0.29, 0.717) is 48.9 Å². The molecule has 7 heteroatoms. The maximum Gasteiger partial charge on any atom is 0.227 e. The van der Waals surface area contributed by atoms with Crippen molar-refractivity contribution >= 4 is 23.4 Å². The first kappa shape index (κ1) is 18.4. The van der Waals surface area contributed by atoms with Gasteiger partial charge < -0.3 is 19.7 Å². The molecular formula is C20H25ClN2O4. The number of nitrogens with one attached hydrogen (secondary N) is 1. The van der Waals surface area contributed by atoms with Gasteiger partial charge in [0.05, 0.1) is 30.6 Å². The summed E-state index contributed by atoms with van der Waals surface area (Å²) in [4.78, 5) is 26.9. The van der Waals surface area contributed by atoms with E-state index < -0.39 is 0 Å². The molecule has 3 aliphatic rings. The highest BCUT2D eigenvalue weighted by Gasteiger charge is 2.32. The molecule has 0 radical (unpaired) electrons. The van der Waals surface area contributed by atoms with E-state index in [-0.39, 0.29) is 24.2 Å². The van der Waals surface area contributed by atoms with Crippen LogP contribution in [0.25, 0.3) is 0 Å². The lowest BCUT2D eigenvalue weighted by Crippen LogP contribution is -2.46. The fraction of sp³-hybridized carbons (Fsp3) is 0.600. The van der Waals surface area contributed by atoms with Gasteiger partial charge in [0, 0.05) is 25.6 Å². The van der Waals surface area contributed by atoms with Crippen molar-refractivity contribution in [3.63, 3.8) is 0 Å². The third-order valence-electron chi connectivity index (χ3n) is 5.29. The van der Waals surface area contributed by atoms with Gasteiger partial charge in [-0.15, -0.1) is 0 Å². The predicted molar refractivity (Wildman–Crippen MR) is 101 cm³/mol. The number of halogens is 1. The summed E-state index contributed by atoms with van der Waals surface area (Å²) in [5, 5.41) is 3.53. The van der Waals surface area contributed by atoms with Gasteiger partial charge in [-0.2, -0.15) is 0 Å². The van der Waals surface area contributed by atoms with Crippen LogP contribution in [0.3, 0.4) is 0 Å². The van der Waals surface area contributed by atoms with Crippen LogP contribution in [0.2, 0.25) is 5.02 Å². The van der Waals surface area contributed by atoms with E-state index >= 15 is 0 Å². The van der Waals surface area contributed by atoms with Crippen molar-refractivity contribution in [2.75, 3.05) is 26.3 Å². The zero-order chi connectivity index (χ0) is 18.8. The topological polar surface area (TPSA) is 67.9 Å². The number of ether oxygens (including phenoxy) is 2. The molecule has 4 rings (SSSR count). The number of fused-ring (bicyclic) bond motifs is 1. The molecule has 1 aromatic carbocycles. The van der Waals surface area contributed by atoms with E-state index in [0.717, 1.165) is 37.7 Å². The van der Waals surface area contributed by atoms with Crippen molar-refractivity contribution in [1.82, 2.24) is 10.2 Å². The Morgan fingerprint density at radius 1 is 1.15 bits per heavy atom. The SMILES string of the molecule is O=C(NC1CC1)C1CCCN(C(=O)Cc2cc(Cl)c3c(c2)OCCCO3)C1. The van der Waals surface area contributed by atoms with E-state index in [1.54, 1.807) is 11.0 Å². The van der Waals surface area contributed by atoms with Gasteiger partial charge in [-0.25, -0.2) is 0 Å². The monoisotopic (exact) mass is 392 g/mol. The van der Waals surface area contributed by atoms with Gasteiger partial charge >= 0.3 is 0 Å². The second kappa shape index (κ2) is 7.97. The first-order valence-corrected chi connectivity index (χ1v) is 10.1. The van der Waals surface area contributed by atoms with Gasteiger partial charge in [-0.05, 0) is 43.4 Å². The van der Waals surface area contributed by atoms with Crippen LogP contribution in [0.15, 0.2) is 12.1 Å². The van der Waals surface area contributed by atoms with Crippen LogP contribution in [0.1, 0.15) is 37.7 Å². The highest BCUT2D eigenvalue weighted by atomic mass is 35.5. The van der Waals surface area contributed by atoms with Gasteiger partial charge in [0.2, 0.25) is 11.8 Å². The van der Waals surface area contributed by atoms with Crippen molar-refractivity contribution in [1.29, 1.82) is 0 Å². The van der Waals surface area contributed by atoms with Crippen LogP contribution < -0.4 is 14.8 Å². The molecule has 1 aliphatic carbocycles. The average molecular weight is 393 g/mol. The minimum absolute atomic E-state index is 0.0180. The minimum atomic E-state index is -0.101. The van der Waals surface area contributed by atoms with Crippen LogP contribution in [0.4, 0.5) is 0 Å². The lowest BCUT2D eigenvalue weighted by atomic mass is 9.96. The molecule has 1 aromatic rings. The number of carbonyl (C=O) groups excluding carboxylic acids is 2. The summed E-state index contributed by atoms with van der Waals surface area (Å²) in [7, 11) is 0. The second-order valence-electron chi connectivity index (χ2n) is 7.59. The van der Waals surface area contributed by atoms with Gasteiger partial charge in [0.15, 0.2) is 11.5 Å². The molecule has 27 heavy (non-hydrogen) atoms. The molecule has 2 heterocycles. The Hall–Kier alpha value is -1.95. The van der Waals surface area contributed by atoms with E-state index in [1.807, 2.05) is 6.07 Å². The van der Waals surface area contributed by atoms with Gasteiger partial charge in [-0.1, -0.05) is 11.6 Å². The summed E-state index contributed by atoms with van der Waals surface area (Å²) in [5.74, 6) is 1.16. The number of likely N-dealkylation sites (tertiary alicyclic amines) is 1. The molecule has 1 N–H and O–H groups in total. The third kappa shape index (κ3) is 4.49. The molecule has 0 bridgehead atoms. The molecule has 1 saturated carbocycles. The number of hydrogen-bond acceptors (Lipinski definition) is 4. The Balaban J connectivity index is 1.40. The summed E-state index contributed by atoms with van der Waals surface area (Å²) in [6, 6.07) is 3.97. The molecule has 2 aliphatic heterocycles. The van der Waals surface area contributed by atoms with Gasteiger partial charge in [-0.3, -0.25) is 9.59 Å². The largest absolute Gasteiger partial charge is 0.489 e. The summed E-state index contributed by atoms with van der Waals surface area (Å²) in [6.45, 7) is 2.34. The summed E-state index contributed by atoms with van der Waals surface area (Å²) >= 11 is 6.33. The van der Waals surface area contributed by atoms with E-state index in [2.05, 4.69) is 5.32 Å². The fourth-order valence-corrected chi connectivity index (χ4v) is 3.92. The zero-order valence-electron chi connectivity index (χ0n) is 15.3. The standard InChI is InChI=1S/C20H25ClN2O4/c21-16-9-13(10-17-19(16)27-8-2-7-26-17)11-18(24)23-6-1-3-14(12-23)20(25)22-15-4-5-15/h9-10,14-15H,1-8,11-12H2,(H,22,25). The average Bonchev–Trinajstić information content (AvgIpc) is 3.48. The zero-order valence-corrected chi connectivity index (χ0v) is 16.1. The number of benzene rings is 1. The molecule has 6 nitrogen and oxygen atoms in total. The van der Waals surface area contributed by atoms with Crippen LogP contribution in [-0.2, 0) is 16.0 Å². The Kier molecular flexibility index (Phi) is 5.43. The molecule has 1 saturated heterocycles. The van der Waals surface area contributed by atoms with Crippen molar-refractivity contribution in [3.8, 4) is 11.5 Å². The molecular weight excluding hydrogens is 368 g/mol. The molecule has 146 valence electrons. The Labute approximate surface area is 164 Å². The lowest BCUT2D eigenvalue weighted by Gasteiger charge is -2.32. The maximum absolute atomic E-state index is 12.8. The summed E-state index contributed by atoms with van der Waals surface area (Å²) in [5.41, 5.74) is 0.804. The third-order valence-corrected chi connectivity index (χ3v) is 5.57. The molecule has 2 fully saturated rings. The van der Waals surface area contributed by atoms with Gasteiger partial charge in [0.25, 0.3) is 0 Å². The highest BCUT2D eigenvalue weighted by molar-refractivity contribution is 6.32. The van der Waals surface area contributed by atoms with Crippen molar-refractivity contribution < 1.29 is 19.1 Å². The van der Waals surface area contributed by atoms with E-state index in [4.69, 9.17) is 21.1 Å².